The lowest BCUT2D eigenvalue weighted by atomic mass is 10.1. The van der Waals surface area contributed by atoms with Gasteiger partial charge in [-0.15, -0.1) is 5.10 Å². The van der Waals surface area contributed by atoms with Gasteiger partial charge in [-0.3, -0.25) is 14.9 Å². The normalized spacial score (nSPS) is 19.1. The lowest BCUT2D eigenvalue weighted by Gasteiger charge is -2.22. The lowest BCUT2D eigenvalue weighted by Crippen LogP contribution is -2.34. The molecule has 1 saturated heterocycles. The maximum Gasteiger partial charge on any atom is 0.274 e. The van der Waals surface area contributed by atoms with Crippen molar-refractivity contribution in [2.75, 3.05) is 19.7 Å². The van der Waals surface area contributed by atoms with Crippen molar-refractivity contribution in [2.45, 2.75) is 24.9 Å². The smallest absolute Gasteiger partial charge is 0.274 e. The Balaban J connectivity index is 1.45. The van der Waals surface area contributed by atoms with E-state index < -0.39 is 5.91 Å². The molecule has 30 heavy (non-hydrogen) atoms. The van der Waals surface area contributed by atoms with Gasteiger partial charge in [-0.05, 0) is 30.5 Å². The van der Waals surface area contributed by atoms with Crippen molar-refractivity contribution in [3.8, 4) is 11.3 Å². The molecule has 156 valence electrons. The first-order valence-electron chi connectivity index (χ1n) is 10.0. The molecule has 0 spiro atoms. The van der Waals surface area contributed by atoms with E-state index in [2.05, 4.69) is 27.3 Å². The maximum absolute atomic E-state index is 11.6. The molecule has 0 aliphatic carbocycles. The van der Waals surface area contributed by atoms with Crippen molar-refractivity contribution in [3.05, 3.63) is 71.9 Å². The minimum atomic E-state index is -0.570. The van der Waals surface area contributed by atoms with E-state index in [9.17, 15) is 9.90 Å². The summed E-state index contributed by atoms with van der Waals surface area (Å²) >= 11 is 0. The van der Waals surface area contributed by atoms with Gasteiger partial charge in [0.1, 0.15) is 5.69 Å². The van der Waals surface area contributed by atoms with Crippen LogP contribution in [-0.2, 0) is 6.42 Å². The molecule has 0 saturated carbocycles. The summed E-state index contributed by atoms with van der Waals surface area (Å²) in [5, 5.41) is 27.2. The second kappa shape index (κ2) is 9.17. The number of aliphatic hydroxyl groups is 1. The van der Waals surface area contributed by atoms with Gasteiger partial charge >= 0.3 is 0 Å². The van der Waals surface area contributed by atoms with Crippen LogP contribution in [0.2, 0.25) is 0 Å². The number of carbonyl (C=O) groups excluding carboxylic acids is 1. The van der Waals surface area contributed by atoms with Crippen molar-refractivity contribution < 1.29 is 15.1 Å². The van der Waals surface area contributed by atoms with Crippen LogP contribution in [0.15, 0.2) is 60.8 Å². The SMILES string of the molecule is O=C(NO)c1cccc(-c2cn([C@@H]3C[C@@H](CO)N(CCc4ccccc4)C3)nn2)c1. The standard InChI is InChI=1S/C22H25N5O3/c28-15-20-12-19(13-26(20)10-9-16-5-2-1-3-6-16)27-14-21(23-25-27)17-7-4-8-18(11-17)22(29)24-30/h1-8,11,14,19-20,28,30H,9-10,12-13,15H2,(H,24,29)/t19-,20+/m1/s1. The highest BCUT2D eigenvalue weighted by Gasteiger charge is 2.33. The quantitative estimate of drug-likeness (QED) is 0.408. The predicted molar refractivity (Wildman–Crippen MR) is 111 cm³/mol. The third-order valence-electron chi connectivity index (χ3n) is 5.65. The first-order chi connectivity index (χ1) is 14.7. The molecule has 8 nitrogen and oxygen atoms in total. The van der Waals surface area contributed by atoms with Crippen LogP contribution in [0.25, 0.3) is 11.3 Å². The summed E-state index contributed by atoms with van der Waals surface area (Å²) in [5.41, 5.74) is 4.68. The molecule has 4 rings (SSSR count). The maximum atomic E-state index is 11.6. The second-order valence-electron chi connectivity index (χ2n) is 7.56. The molecule has 2 atom stereocenters. The summed E-state index contributed by atoms with van der Waals surface area (Å²) in [6, 6.07) is 17.4. The Hall–Kier alpha value is -3.07. The Bertz CT molecular complexity index is 991. The molecule has 8 heteroatoms. The van der Waals surface area contributed by atoms with E-state index in [1.165, 1.54) is 5.56 Å². The van der Waals surface area contributed by atoms with Gasteiger partial charge in [0, 0.05) is 30.3 Å². The van der Waals surface area contributed by atoms with Crippen LogP contribution in [0.5, 0.6) is 0 Å². The van der Waals surface area contributed by atoms with Crippen LogP contribution in [0.4, 0.5) is 0 Å². The summed E-state index contributed by atoms with van der Waals surface area (Å²) in [4.78, 5) is 14.0. The largest absolute Gasteiger partial charge is 0.395 e. The molecule has 0 radical (unpaired) electrons. The first kappa shape index (κ1) is 20.2. The Morgan fingerprint density at radius 2 is 2.00 bits per heavy atom. The van der Waals surface area contributed by atoms with Gasteiger partial charge in [0.05, 0.1) is 18.8 Å². The fourth-order valence-electron chi connectivity index (χ4n) is 4.00. The summed E-state index contributed by atoms with van der Waals surface area (Å²) in [5.74, 6) is -0.570. The number of carbonyl (C=O) groups is 1. The van der Waals surface area contributed by atoms with E-state index in [1.54, 1.807) is 23.7 Å². The van der Waals surface area contributed by atoms with Gasteiger partial charge in [-0.2, -0.15) is 0 Å². The Morgan fingerprint density at radius 1 is 1.17 bits per heavy atom. The van der Waals surface area contributed by atoms with Gasteiger partial charge in [-0.25, -0.2) is 10.2 Å². The summed E-state index contributed by atoms with van der Waals surface area (Å²) < 4.78 is 1.85. The van der Waals surface area contributed by atoms with Crippen molar-refractivity contribution in [3.63, 3.8) is 0 Å². The van der Waals surface area contributed by atoms with Crippen molar-refractivity contribution in [2.24, 2.45) is 0 Å². The average molecular weight is 407 g/mol. The number of hydroxylamine groups is 1. The van der Waals surface area contributed by atoms with Gasteiger partial charge in [0.2, 0.25) is 0 Å². The summed E-state index contributed by atoms with van der Waals surface area (Å²) in [6.07, 6.45) is 3.61. The first-order valence-corrected chi connectivity index (χ1v) is 10.0. The molecule has 1 aliphatic rings. The number of nitrogens with one attached hydrogen (secondary N) is 1. The Labute approximate surface area is 174 Å². The molecule has 1 amide bonds. The third kappa shape index (κ3) is 4.40. The van der Waals surface area contributed by atoms with E-state index in [-0.39, 0.29) is 18.7 Å². The highest BCUT2D eigenvalue weighted by atomic mass is 16.5. The molecule has 2 heterocycles. The van der Waals surface area contributed by atoms with Gasteiger partial charge in [-0.1, -0.05) is 47.7 Å². The third-order valence-corrected chi connectivity index (χ3v) is 5.65. The number of nitrogens with zero attached hydrogens (tertiary/aromatic N) is 4. The molecule has 0 bridgehead atoms. The Kier molecular flexibility index (Phi) is 6.18. The number of hydrogen-bond acceptors (Lipinski definition) is 6. The number of aliphatic hydroxyl groups excluding tert-OH is 1. The number of benzene rings is 2. The van der Waals surface area contributed by atoms with Crippen LogP contribution in [-0.4, -0.2) is 61.9 Å². The zero-order valence-electron chi connectivity index (χ0n) is 16.6. The number of aromatic nitrogens is 3. The minimum absolute atomic E-state index is 0.0999. The van der Waals surface area contributed by atoms with Gasteiger partial charge in [0.25, 0.3) is 5.91 Å². The van der Waals surface area contributed by atoms with Gasteiger partial charge in [0.15, 0.2) is 0 Å². The number of hydrogen-bond donors (Lipinski definition) is 3. The minimum Gasteiger partial charge on any atom is -0.395 e. The van der Waals surface area contributed by atoms with E-state index >= 15 is 0 Å². The molecule has 0 unspecified atom stereocenters. The molecular formula is C22H25N5O3. The summed E-state index contributed by atoms with van der Waals surface area (Å²) in [7, 11) is 0. The lowest BCUT2D eigenvalue weighted by molar-refractivity contribution is 0.0706. The van der Waals surface area contributed by atoms with Gasteiger partial charge < -0.3 is 5.11 Å². The van der Waals surface area contributed by atoms with Crippen molar-refractivity contribution >= 4 is 5.91 Å². The van der Waals surface area contributed by atoms with Crippen LogP contribution >= 0.6 is 0 Å². The van der Waals surface area contributed by atoms with Crippen LogP contribution < -0.4 is 5.48 Å². The van der Waals surface area contributed by atoms with Crippen LogP contribution in [0.1, 0.15) is 28.4 Å². The van der Waals surface area contributed by atoms with E-state index in [0.29, 0.717) is 11.3 Å². The molecule has 3 N–H and O–H groups in total. The topological polar surface area (TPSA) is 104 Å². The molecule has 2 aromatic carbocycles. The van der Waals surface area contributed by atoms with Crippen LogP contribution in [0, 0.1) is 0 Å². The molecular weight excluding hydrogens is 382 g/mol. The fraction of sp³-hybridized carbons (Fsp3) is 0.318. The van der Waals surface area contributed by atoms with Crippen molar-refractivity contribution in [1.82, 2.24) is 25.4 Å². The number of rotatable bonds is 7. The van der Waals surface area contributed by atoms with Crippen LogP contribution in [0.3, 0.4) is 0 Å². The highest BCUT2D eigenvalue weighted by molar-refractivity contribution is 5.94. The molecule has 1 fully saturated rings. The van der Waals surface area contributed by atoms with E-state index in [4.69, 9.17) is 5.21 Å². The second-order valence-corrected chi connectivity index (χ2v) is 7.56. The van der Waals surface area contributed by atoms with Crippen molar-refractivity contribution in [1.29, 1.82) is 0 Å². The number of amides is 1. The Morgan fingerprint density at radius 3 is 2.77 bits per heavy atom. The zero-order valence-corrected chi connectivity index (χ0v) is 16.6. The monoisotopic (exact) mass is 407 g/mol. The molecule has 3 aromatic rings. The molecule has 1 aromatic heterocycles. The highest BCUT2D eigenvalue weighted by Crippen LogP contribution is 2.28. The predicted octanol–water partition coefficient (Wildman–Crippen LogP) is 1.91. The van der Waals surface area contributed by atoms with E-state index in [0.717, 1.165) is 31.5 Å². The summed E-state index contributed by atoms with van der Waals surface area (Å²) in [6.45, 7) is 1.80. The van der Waals surface area contributed by atoms with E-state index in [1.807, 2.05) is 35.1 Å². The fourth-order valence-corrected chi connectivity index (χ4v) is 4.00. The average Bonchev–Trinajstić information content (AvgIpc) is 3.45. The number of likely N-dealkylation sites (tertiary alicyclic amines) is 1. The zero-order chi connectivity index (χ0) is 20.9. The molecule has 1 aliphatic heterocycles.